The molecule has 2 N–H and O–H groups in total. The molecule has 11 nitrogen and oxygen atoms in total. The van der Waals surface area contributed by atoms with E-state index < -0.39 is 18.8 Å². The Morgan fingerprint density at radius 1 is 1.24 bits per heavy atom. The summed E-state index contributed by atoms with van der Waals surface area (Å²) in [6, 6.07) is 1.68. The number of rotatable bonds is 9. The van der Waals surface area contributed by atoms with Gasteiger partial charge in [0.2, 0.25) is 0 Å². The minimum Gasteiger partial charge on any atom is -0.388 e. The minimum atomic E-state index is -4.52. The van der Waals surface area contributed by atoms with E-state index in [1.54, 1.807) is 18.5 Å². The Morgan fingerprint density at radius 3 is 2.73 bits per heavy atom. The van der Waals surface area contributed by atoms with E-state index in [1.165, 1.54) is 35.5 Å². The molecule has 1 saturated carbocycles. The molecule has 4 heterocycles. The number of fused-ring (bicyclic) bond motifs is 1. The van der Waals surface area contributed by atoms with Crippen molar-refractivity contribution in [2.24, 2.45) is 0 Å². The molecule has 16 heteroatoms. The van der Waals surface area contributed by atoms with Crippen LogP contribution in [0, 0.1) is 0 Å². The van der Waals surface area contributed by atoms with E-state index in [2.05, 4.69) is 30.4 Å². The Kier molecular flexibility index (Phi) is 7.82. The zero-order valence-electron chi connectivity index (χ0n) is 19.7. The Labute approximate surface area is 220 Å². The van der Waals surface area contributed by atoms with Crippen LogP contribution in [0.2, 0.25) is 0 Å². The maximum atomic E-state index is 13.4. The summed E-state index contributed by atoms with van der Waals surface area (Å²) >= 11 is 1.20. The number of aromatic nitrogens is 7. The molecule has 0 aromatic carbocycles. The van der Waals surface area contributed by atoms with E-state index in [0.717, 1.165) is 24.3 Å². The Morgan fingerprint density at radius 2 is 2.03 bits per heavy atom. The fraction of sp³-hybridized carbons (Fsp3) is 0.381. The van der Waals surface area contributed by atoms with E-state index in [9.17, 15) is 18.3 Å². The molecule has 1 fully saturated rings. The largest absolute Gasteiger partial charge is 0.408 e. The summed E-state index contributed by atoms with van der Waals surface area (Å²) in [6.07, 6.45) is 3.88. The molecular formula is C21H24F3N9O2S2. The Hall–Kier alpha value is -3.08. The molecule has 0 amide bonds. The van der Waals surface area contributed by atoms with Gasteiger partial charge in [0.1, 0.15) is 35.6 Å². The van der Waals surface area contributed by atoms with Crippen LogP contribution < -0.4 is 9.60 Å². The monoisotopic (exact) mass is 555 g/mol. The van der Waals surface area contributed by atoms with Crippen LogP contribution >= 0.6 is 25.7 Å². The number of imidazole rings is 1. The number of nitrogens with zero attached hydrogens (tertiary/aromatic N) is 8. The van der Waals surface area contributed by atoms with Gasteiger partial charge in [-0.2, -0.15) is 26.7 Å². The molecule has 1 atom stereocenters. The number of hydrogen-bond donors (Lipinski definition) is 2. The fourth-order valence-corrected chi connectivity index (χ4v) is 4.14. The van der Waals surface area contributed by atoms with E-state index in [4.69, 9.17) is 4.28 Å². The van der Waals surface area contributed by atoms with Gasteiger partial charge in [-0.25, -0.2) is 24.2 Å². The van der Waals surface area contributed by atoms with Gasteiger partial charge in [0, 0.05) is 25.4 Å². The van der Waals surface area contributed by atoms with Gasteiger partial charge < -0.3 is 19.3 Å². The van der Waals surface area contributed by atoms with Crippen LogP contribution in [0.1, 0.15) is 31.6 Å². The SMILES string of the molecule is CC(n1c(CO)nc2cnc(Nc3ccnc(-c4cnn(OSN(C)C5CC5)c4)n3)cc21)C(F)(F)F.S. The van der Waals surface area contributed by atoms with Gasteiger partial charge in [-0.15, -0.1) is 5.10 Å². The summed E-state index contributed by atoms with van der Waals surface area (Å²) in [5.41, 5.74) is 1.03. The van der Waals surface area contributed by atoms with Crippen LogP contribution in [0.25, 0.3) is 22.4 Å². The highest BCUT2D eigenvalue weighted by atomic mass is 32.2. The van der Waals surface area contributed by atoms with Gasteiger partial charge in [0.05, 0.1) is 29.7 Å². The quantitative estimate of drug-likeness (QED) is 0.234. The third-order valence-corrected chi connectivity index (χ3v) is 6.42. The second-order valence-corrected chi connectivity index (χ2v) is 9.15. The smallest absolute Gasteiger partial charge is 0.388 e. The molecule has 0 radical (unpaired) electrons. The maximum Gasteiger partial charge on any atom is 0.408 e. The van der Waals surface area contributed by atoms with Crippen LogP contribution in [0.5, 0.6) is 0 Å². The molecule has 0 aliphatic heterocycles. The topological polar surface area (TPSA) is 119 Å². The van der Waals surface area contributed by atoms with Crippen LogP contribution in [-0.2, 0) is 6.61 Å². The maximum absolute atomic E-state index is 13.4. The third-order valence-electron chi connectivity index (χ3n) is 5.67. The second kappa shape index (κ2) is 10.7. The first-order valence-corrected chi connectivity index (χ1v) is 11.7. The molecule has 5 rings (SSSR count). The fourth-order valence-electron chi connectivity index (χ4n) is 3.55. The summed E-state index contributed by atoms with van der Waals surface area (Å²) in [5, 5.41) is 16.7. The van der Waals surface area contributed by atoms with Crippen LogP contribution in [-0.4, -0.2) is 63.1 Å². The predicted molar refractivity (Wildman–Crippen MR) is 136 cm³/mol. The standard InChI is InChI=1S/C21H22F3N9O2S.H2S/c1-12(21(22,23)24)33-16-7-18(26-9-15(16)28-19(33)11-34)29-17-5-6-25-20(30-17)13-8-27-32(10-13)35-36-31(2)14-3-4-14;/h5-10,12,14,34H,3-4,11H2,1-2H3,(H,25,26,29,30);1H2. The van der Waals surface area contributed by atoms with Crippen LogP contribution in [0.4, 0.5) is 24.8 Å². The Bertz CT molecular complexity index is 1380. The third kappa shape index (κ3) is 5.92. The van der Waals surface area contributed by atoms with Crippen molar-refractivity contribution in [3.8, 4) is 11.4 Å². The first-order valence-electron chi connectivity index (χ1n) is 11.0. The highest BCUT2D eigenvalue weighted by Crippen LogP contribution is 2.34. The molecule has 0 spiro atoms. The number of halogens is 3. The first kappa shape index (κ1) is 27.0. The number of alkyl halides is 3. The summed E-state index contributed by atoms with van der Waals surface area (Å²) in [6.45, 7) is 0.372. The van der Waals surface area contributed by atoms with Gasteiger partial charge in [0.25, 0.3) is 0 Å². The van der Waals surface area contributed by atoms with Crippen molar-refractivity contribution in [3.05, 3.63) is 42.7 Å². The lowest BCUT2D eigenvalue weighted by Crippen LogP contribution is -2.25. The predicted octanol–water partition coefficient (Wildman–Crippen LogP) is 3.64. The van der Waals surface area contributed by atoms with Crippen molar-refractivity contribution >= 4 is 48.4 Å². The van der Waals surface area contributed by atoms with Crippen molar-refractivity contribution in [2.75, 3.05) is 12.4 Å². The number of aliphatic hydroxyl groups is 1. The number of hydrogen-bond acceptors (Lipinski definition) is 10. The normalized spacial score (nSPS) is 14.6. The molecule has 198 valence electrons. The summed E-state index contributed by atoms with van der Waals surface area (Å²) in [5.74, 6) is 0.903. The summed E-state index contributed by atoms with van der Waals surface area (Å²) < 4.78 is 48.9. The zero-order valence-corrected chi connectivity index (χ0v) is 21.5. The minimum absolute atomic E-state index is 0. The molecule has 0 saturated heterocycles. The summed E-state index contributed by atoms with van der Waals surface area (Å²) in [4.78, 5) is 18.3. The molecule has 4 aromatic rings. The average Bonchev–Trinajstić information content (AvgIpc) is 3.49. The molecule has 37 heavy (non-hydrogen) atoms. The molecule has 4 aromatic heterocycles. The highest BCUT2D eigenvalue weighted by molar-refractivity contribution is 7.92. The van der Waals surface area contributed by atoms with Crippen molar-refractivity contribution in [3.63, 3.8) is 0 Å². The van der Waals surface area contributed by atoms with Gasteiger partial charge >= 0.3 is 6.18 Å². The molecule has 1 aliphatic rings. The molecule has 1 aliphatic carbocycles. The average molecular weight is 556 g/mol. The number of pyridine rings is 1. The van der Waals surface area contributed by atoms with Gasteiger partial charge in [-0.3, -0.25) is 0 Å². The van der Waals surface area contributed by atoms with Crippen molar-refractivity contribution in [1.29, 1.82) is 0 Å². The lowest BCUT2D eigenvalue weighted by molar-refractivity contribution is -0.162. The molecule has 1 unspecified atom stereocenters. The van der Waals surface area contributed by atoms with E-state index in [0.29, 0.717) is 23.2 Å². The van der Waals surface area contributed by atoms with E-state index in [-0.39, 0.29) is 36.2 Å². The summed E-state index contributed by atoms with van der Waals surface area (Å²) in [7, 11) is 1.96. The van der Waals surface area contributed by atoms with Crippen molar-refractivity contribution in [2.45, 2.75) is 44.6 Å². The lowest BCUT2D eigenvalue weighted by atomic mass is 10.3. The van der Waals surface area contributed by atoms with Gasteiger partial charge in [0.15, 0.2) is 18.1 Å². The number of anilines is 2. The van der Waals surface area contributed by atoms with Crippen LogP contribution in [0.15, 0.2) is 36.9 Å². The Balaban J connectivity index is 0.00000320. The van der Waals surface area contributed by atoms with E-state index in [1.807, 2.05) is 11.4 Å². The molecular weight excluding hydrogens is 531 g/mol. The lowest BCUT2D eigenvalue weighted by Gasteiger charge is -2.20. The zero-order chi connectivity index (χ0) is 25.4. The second-order valence-electron chi connectivity index (χ2n) is 8.28. The van der Waals surface area contributed by atoms with E-state index >= 15 is 0 Å². The van der Waals surface area contributed by atoms with Crippen molar-refractivity contribution in [1.82, 2.24) is 38.8 Å². The van der Waals surface area contributed by atoms with Gasteiger partial charge in [-0.05, 0) is 25.8 Å². The molecule has 0 bridgehead atoms. The van der Waals surface area contributed by atoms with Crippen LogP contribution in [0.3, 0.4) is 0 Å². The van der Waals surface area contributed by atoms with Crippen molar-refractivity contribution < 1.29 is 22.6 Å². The first-order chi connectivity index (χ1) is 17.2. The highest BCUT2D eigenvalue weighted by Gasteiger charge is 2.39. The number of aliphatic hydroxyl groups excluding tert-OH is 1. The number of nitrogens with one attached hydrogen (secondary N) is 1. The van der Waals surface area contributed by atoms with Gasteiger partial charge in [-0.1, -0.05) is 4.85 Å².